The molecule has 2 amide bonds. The zero-order valence-corrected chi connectivity index (χ0v) is 11.0. The third-order valence-electron chi connectivity index (χ3n) is 2.52. The summed E-state index contributed by atoms with van der Waals surface area (Å²) >= 11 is 0. The Labute approximate surface area is 112 Å². The Bertz CT molecular complexity index is 448. The maximum Gasteiger partial charge on any atom is 0.411 e. The van der Waals surface area contributed by atoms with Crippen molar-refractivity contribution in [3.8, 4) is 0 Å². The van der Waals surface area contributed by atoms with E-state index < -0.39 is 6.09 Å². The third-order valence-corrected chi connectivity index (χ3v) is 2.52. The van der Waals surface area contributed by atoms with E-state index in [1.807, 2.05) is 12.1 Å². The molecule has 0 radical (unpaired) electrons. The molecule has 0 saturated carbocycles. The van der Waals surface area contributed by atoms with Crippen molar-refractivity contribution in [3.05, 3.63) is 29.8 Å². The summed E-state index contributed by atoms with van der Waals surface area (Å²) in [6, 6.07) is 7.15. The molecule has 1 aromatic rings. The number of anilines is 1. The highest BCUT2D eigenvalue weighted by Crippen LogP contribution is 2.17. The number of nitrogens with zero attached hydrogens (tertiary/aromatic N) is 1. The molecule has 0 aromatic heterocycles. The molecule has 0 unspecified atom stereocenters. The number of amides is 2. The van der Waals surface area contributed by atoms with Gasteiger partial charge in [-0.2, -0.15) is 0 Å². The van der Waals surface area contributed by atoms with Crippen molar-refractivity contribution in [1.29, 1.82) is 0 Å². The van der Waals surface area contributed by atoms with Crippen molar-refractivity contribution >= 4 is 17.7 Å². The van der Waals surface area contributed by atoms with Crippen molar-refractivity contribution in [3.63, 3.8) is 0 Å². The van der Waals surface area contributed by atoms with E-state index in [9.17, 15) is 9.59 Å². The van der Waals surface area contributed by atoms with E-state index in [1.54, 1.807) is 24.1 Å². The molecule has 0 atom stereocenters. The number of benzene rings is 1. The average molecular weight is 266 g/mol. The molecule has 1 rings (SSSR count). The van der Waals surface area contributed by atoms with Gasteiger partial charge in [0.05, 0.1) is 6.61 Å². The number of aliphatic hydroxyl groups excluding tert-OH is 1. The monoisotopic (exact) mass is 266 g/mol. The second-order valence-electron chi connectivity index (χ2n) is 4.02. The minimum atomic E-state index is -0.632. The van der Waals surface area contributed by atoms with E-state index in [1.165, 1.54) is 6.92 Å². The Morgan fingerprint density at radius 2 is 2.05 bits per heavy atom. The molecular formula is C13H18N2O4. The summed E-state index contributed by atoms with van der Waals surface area (Å²) in [5.41, 5.74) is 1.39. The van der Waals surface area contributed by atoms with Gasteiger partial charge in [-0.05, 0) is 11.6 Å². The maximum absolute atomic E-state index is 11.4. The molecule has 2 N–H and O–H groups in total. The molecule has 6 nitrogen and oxygen atoms in total. The summed E-state index contributed by atoms with van der Waals surface area (Å²) in [6.07, 6.45) is -0.632. The normalized spacial score (nSPS) is 9.84. The Morgan fingerprint density at radius 1 is 1.37 bits per heavy atom. The molecule has 19 heavy (non-hydrogen) atoms. The van der Waals surface area contributed by atoms with Crippen LogP contribution in [0, 0.1) is 0 Å². The van der Waals surface area contributed by atoms with Crippen molar-refractivity contribution in [2.75, 3.05) is 25.6 Å². The minimum Gasteiger partial charge on any atom is -0.447 e. The fourth-order valence-electron chi connectivity index (χ4n) is 1.43. The smallest absolute Gasteiger partial charge is 0.411 e. The minimum absolute atomic E-state index is 0.0542. The zero-order valence-electron chi connectivity index (χ0n) is 11.0. The van der Waals surface area contributed by atoms with Gasteiger partial charge in [-0.25, -0.2) is 4.79 Å². The summed E-state index contributed by atoms with van der Waals surface area (Å²) in [5.74, 6) is -0.0577. The van der Waals surface area contributed by atoms with E-state index in [4.69, 9.17) is 9.84 Å². The van der Waals surface area contributed by atoms with Crippen LogP contribution < -0.4 is 5.32 Å². The number of nitrogens with one attached hydrogen (secondary N) is 1. The van der Waals surface area contributed by atoms with Crippen LogP contribution in [0.4, 0.5) is 10.5 Å². The lowest BCUT2D eigenvalue weighted by Gasteiger charge is -2.17. The summed E-state index contributed by atoms with van der Waals surface area (Å²) < 4.78 is 4.72. The first-order valence-electron chi connectivity index (χ1n) is 5.89. The number of hydrogen-bond donors (Lipinski definition) is 2. The van der Waals surface area contributed by atoms with E-state index in [-0.39, 0.29) is 19.1 Å². The van der Waals surface area contributed by atoms with E-state index >= 15 is 0 Å². The third kappa shape index (κ3) is 4.97. The Balaban J connectivity index is 2.72. The van der Waals surface area contributed by atoms with Crippen LogP contribution >= 0.6 is 0 Å². The highest BCUT2D eigenvalue weighted by molar-refractivity contribution is 5.85. The topological polar surface area (TPSA) is 78.9 Å². The maximum atomic E-state index is 11.4. The number of carbonyl (C=O) groups is 2. The lowest BCUT2D eigenvalue weighted by molar-refractivity contribution is -0.128. The quantitative estimate of drug-likeness (QED) is 0.839. The predicted octanol–water partition coefficient (Wildman–Crippen LogP) is 1.21. The van der Waals surface area contributed by atoms with Crippen molar-refractivity contribution in [1.82, 2.24) is 4.90 Å². The van der Waals surface area contributed by atoms with Gasteiger partial charge in [0.2, 0.25) is 5.91 Å². The number of aliphatic hydroxyl groups is 1. The molecule has 0 spiro atoms. The lowest BCUT2D eigenvalue weighted by Crippen LogP contribution is -2.24. The van der Waals surface area contributed by atoms with E-state index in [2.05, 4.69) is 5.32 Å². The lowest BCUT2D eigenvalue weighted by atomic mass is 10.1. The molecule has 0 fully saturated rings. The van der Waals surface area contributed by atoms with Gasteiger partial charge in [0.1, 0.15) is 6.61 Å². The highest BCUT2D eigenvalue weighted by atomic mass is 16.6. The first kappa shape index (κ1) is 15.0. The van der Waals surface area contributed by atoms with Crippen LogP contribution in [0.25, 0.3) is 0 Å². The summed E-state index contributed by atoms with van der Waals surface area (Å²) in [6.45, 7) is 1.60. The van der Waals surface area contributed by atoms with Gasteiger partial charge in [0, 0.05) is 26.2 Å². The molecule has 0 aliphatic heterocycles. The van der Waals surface area contributed by atoms with Crippen molar-refractivity contribution in [2.24, 2.45) is 0 Å². The predicted molar refractivity (Wildman–Crippen MR) is 70.6 cm³/mol. The average Bonchev–Trinajstić information content (AvgIpc) is 2.38. The number of hydrogen-bond acceptors (Lipinski definition) is 4. The van der Waals surface area contributed by atoms with Crippen LogP contribution in [0.3, 0.4) is 0 Å². The highest BCUT2D eigenvalue weighted by Gasteiger charge is 2.10. The van der Waals surface area contributed by atoms with E-state index in [0.717, 1.165) is 5.56 Å². The Hall–Kier alpha value is -2.08. The number of rotatable bonds is 5. The second-order valence-corrected chi connectivity index (χ2v) is 4.02. The molecule has 0 aliphatic rings. The Kier molecular flexibility index (Phi) is 5.81. The fraction of sp³-hybridized carbons (Fsp3) is 0.385. The van der Waals surface area contributed by atoms with Crippen LogP contribution in [0.5, 0.6) is 0 Å². The van der Waals surface area contributed by atoms with Gasteiger partial charge in [-0.3, -0.25) is 10.1 Å². The first-order chi connectivity index (χ1) is 9.04. The molecule has 0 aliphatic carbocycles. The van der Waals surface area contributed by atoms with Gasteiger partial charge < -0.3 is 14.7 Å². The van der Waals surface area contributed by atoms with Crippen LogP contribution in [-0.2, 0) is 16.1 Å². The summed E-state index contributed by atoms with van der Waals surface area (Å²) in [5, 5.41) is 11.1. The first-order valence-corrected chi connectivity index (χ1v) is 5.89. The van der Waals surface area contributed by atoms with Crippen LogP contribution in [0.2, 0.25) is 0 Å². The van der Waals surface area contributed by atoms with Crippen molar-refractivity contribution in [2.45, 2.75) is 13.5 Å². The fourth-order valence-corrected chi connectivity index (χ4v) is 1.43. The summed E-state index contributed by atoms with van der Waals surface area (Å²) in [7, 11) is 1.68. The zero-order chi connectivity index (χ0) is 14.3. The van der Waals surface area contributed by atoms with Crippen LogP contribution in [0.1, 0.15) is 12.5 Å². The molecule has 6 heteroatoms. The molecular weight excluding hydrogens is 248 g/mol. The van der Waals surface area contributed by atoms with Crippen molar-refractivity contribution < 1.29 is 19.4 Å². The molecule has 0 saturated heterocycles. The number of ether oxygens (including phenoxy) is 1. The number of carbonyl (C=O) groups excluding carboxylic acids is 2. The van der Waals surface area contributed by atoms with Gasteiger partial charge in [-0.1, -0.05) is 18.2 Å². The van der Waals surface area contributed by atoms with Crippen LogP contribution in [0.15, 0.2) is 24.3 Å². The molecule has 1 aromatic carbocycles. The summed E-state index contributed by atoms with van der Waals surface area (Å²) in [4.78, 5) is 24.2. The standard InChI is InChI=1S/C13H18N2O4/c1-10(17)15(2)9-11-5-3-4-6-12(11)14-13(18)19-8-7-16/h3-6,16H,7-9H2,1-2H3,(H,14,18). The van der Waals surface area contributed by atoms with E-state index in [0.29, 0.717) is 12.2 Å². The molecule has 0 heterocycles. The Morgan fingerprint density at radius 3 is 2.68 bits per heavy atom. The second kappa shape index (κ2) is 7.38. The van der Waals surface area contributed by atoms with Crippen LogP contribution in [-0.4, -0.2) is 42.3 Å². The number of para-hydroxylation sites is 1. The van der Waals surface area contributed by atoms with Gasteiger partial charge in [0.25, 0.3) is 0 Å². The largest absolute Gasteiger partial charge is 0.447 e. The van der Waals surface area contributed by atoms with Gasteiger partial charge in [0.15, 0.2) is 0 Å². The van der Waals surface area contributed by atoms with Gasteiger partial charge >= 0.3 is 6.09 Å². The molecule has 104 valence electrons. The van der Waals surface area contributed by atoms with Gasteiger partial charge in [-0.15, -0.1) is 0 Å². The molecule has 0 bridgehead atoms. The SMILES string of the molecule is CC(=O)N(C)Cc1ccccc1NC(=O)OCCO.